The van der Waals surface area contributed by atoms with Crippen molar-refractivity contribution in [2.45, 2.75) is 95.7 Å². The van der Waals surface area contributed by atoms with Crippen molar-refractivity contribution in [3.05, 3.63) is 85.1 Å². The maximum Gasteiger partial charge on any atom is 0.331 e. The Hall–Kier alpha value is -3.00. The molecule has 1 rings (SSSR count). The number of aliphatic hydroxyl groups excluding tert-OH is 3. The van der Waals surface area contributed by atoms with Gasteiger partial charge in [0.25, 0.3) is 0 Å². The Bertz CT molecular complexity index is 879. The monoisotopic (exact) mass is 528 g/mol. The number of hydrogen-bond acceptors (Lipinski definition) is 7. The number of carbonyl (C=O) groups excluding carboxylic acids is 2. The van der Waals surface area contributed by atoms with Crippen molar-refractivity contribution in [2.75, 3.05) is 0 Å². The van der Waals surface area contributed by atoms with Gasteiger partial charge in [-0.25, -0.2) is 4.79 Å². The van der Waals surface area contributed by atoms with Gasteiger partial charge in [0.05, 0.1) is 30.8 Å². The number of cyclic esters (lactones) is 1. The highest BCUT2D eigenvalue weighted by molar-refractivity contribution is 5.82. The molecular weight excluding hydrogens is 484 g/mol. The van der Waals surface area contributed by atoms with Crippen molar-refractivity contribution in [3.63, 3.8) is 0 Å². The van der Waals surface area contributed by atoms with Gasteiger partial charge in [0.1, 0.15) is 6.10 Å². The van der Waals surface area contributed by atoms with Gasteiger partial charge in [-0.3, -0.25) is 4.79 Å². The molecule has 1 aliphatic rings. The summed E-state index contributed by atoms with van der Waals surface area (Å²) in [6.45, 7) is 3.70. The van der Waals surface area contributed by atoms with Gasteiger partial charge in [0.15, 0.2) is 0 Å². The van der Waals surface area contributed by atoms with Crippen LogP contribution in [-0.2, 0) is 19.1 Å². The molecule has 38 heavy (non-hydrogen) atoms. The van der Waals surface area contributed by atoms with E-state index in [9.17, 15) is 24.9 Å². The molecule has 0 aromatic heterocycles. The van der Waals surface area contributed by atoms with Gasteiger partial charge < -0.3 is 24.8 Å². The van der Waals surface area contributed by atoms with Gasteiger partial charge in [0, 0.05) is 18.9 Å². The predicted molar refractivity (Wildman–Crippen MR) is 150 cm³/mol. The summed E-state index contributed by atoms with van der Waals surface area (Å²) in [5.41, 5.74) is 0. The molecule has 0 aliphatic carbocycles. The first-order valence-electron chi connectivity index (χ1n) is 13.4. The van der Waals surface area contributed by atoms with Gasteiger partial charge >= 0.3 is 11.9 Å². The summed E-state index contributed by atoms with van der Waals surface area (Å²) < 4.78 is 10.9. The third-order valence-corrected chi connectivity index (χ3v) is 5.57. The van der Waals surface area contributed by atoms with Crippen molar-refractivity contribution < 1.29 is 34.4 Å². The molecule has 5 atom stereocenters. The van der Waals surface area contributed by atoms with E-state index < -0.39 is 36.4 Å². The Labute approximate surface area is 227 Å². The molecule has 0 saturated carbocycles. The van der Waals surface area contributed by atoms with E-state index in [4.69, 9.17) is 9.47 Å². The zero-order valence-corrected chi connectivity index (χ0v) is 22.6. The minimum Gasteiger partial charge on any atom is -0.460 e. The average Bonchev–Trinajstić information content (AvgIpc) is 2.86. The molecule has 0 amide bonds. The van der Waals surface area contributed by atoms with Crippen LogP contribution >= 0.6 is 0 Å². The van der Waals surface area contributed by atoms with Crippen LogP contribution in [0.2, 0.25) is 0 Å². The van der Waals surface area contributed by atoms with Gasteiger partial charge in [-0.15, -0.1) is 0 Å². The van der Waals surface area contributed by atoms with Crippen molar-refractivity contribution in [1.82, 2.24) is 0 Å². The second-order valence-corrected chi connectivity index (χ2v) is 9.16. The van der Waals surface area contributed by atoms with Crippen LogP contribution in [0.3, 0.4) is 0 Å². The van der Waals surface area contributed by atoms with E-state index in [1.807, 2.05) is 26.0 Å². The van der Waals surface area contributed by atoms with Crippen LogP contribution < -0.4 is 0 Å². The predicted octanol–water partition coefficient (Wildman–Crippen LogP) is 4.96. The van der Waals surface area contributed by atoms with Crippen LogP contribution in [0, 0.1) is 0 Å². The zero-order chi connectivity index (χ0) is 28.0. The quantitative estimate of drug-likeness (QED) is 0.341. The molecule has 0 saturated heterocycles. The maximum atomic E-state index is 12.2. The zero-order valence-electron chi connectivity index (χ0n) is 22.6. The smallest absolute Gasteiger partial charge is 0.331 e. The van der Waals surface area contributed by atoms with E-state index in [0.717, 1.165) is 19.3 Å². The molecule has 0 bridgehead atoms. The number of allylic oxidation sites excluding steroid dienone is 7. The SMILES string of the molecule is CC[C@H](O)/C=C/CC(=O)O[C@@H]1C=CC=CC[C@H](O)C[C@@H](O)C=CC=CCCC[C@@H](C)OC(=O)C=CC=CC1. The van der Waals surface area contributed by atoms with Crippen LogP contribution in [0.5, 0.6) is 0 Å². The van der Waals surface area contributed by atoms with E-state index >= 15 is 0 Å². The summed E-state index contributed by atoms with van der Waals surface area (Å²) in [6, 6.07) is 0. The first-order valence-corrected chi connectivity index (χ1v) is 13.4. The number of esters is 2. The topological polar surface area (TPSA) is 113 Å². The minimum absolute atomic E-state index is 0.0453. The number of ether oxygens (including phenoxy) is 2. The molecule has 7 heteroatoms. The van der Waals surface area contributed by atoms with Gasteiger partial charge in [-0.2, -0.15) is 0 Å². The van der Waals surface area contributed by atoms with Crippen LogP contribution in [0.1, 0.15) is 65.2 Å². The third-order valence-electron chi connectivity index (χ3n) is 5.57. The van der Waals surface area contributed by atoms with E-state index in [1.54, 1.807) is 66.8 Å². The fourth-order valence-electron chi connectivity index (χ4n) is 3.41. The molecule has 0 radical (unpaired) electrons. The lowest BCUT2D eigenvalue weighted by Gasteiger charge is -2.12. The lowest BCUT2D eigenvalue weighted by Crippen LogP contribution is -2.15. The van der Waals surface area contributed by atoms with Crippen LogP contribution in [0.4, 0.5) is 0 Å². The number of aliphatic hydroxyl groups is 3. The Morgan fingerprint density at radius 3 is 2.58 bits per heavy atom. The van der Waals surface area contributed by atoms with E-state index in [2.05, 4.69) is 0 Å². The lowest BCUT2D eigenvalue weighted by atomic mass is 10.1. The Morgan fingerprint density at radius 1 is 1.08 bits per heavy atom. The number of hydrogen-bond donors (Lipinski definition) is 3. The molecule has 1 heterocycles. The Morgan fingerprint density at radius 2 is 1.79 bits per heavy atom. The molecule has 7 nitrogen and oxygen atoms in total. The molecule has 1 aliphatic heterocycles. The molecule has 0 aromatic carbocycles. The summed E-state index contributed by atoms with van der Waals surface area (Å²) in [5, 5.41) is 29.8. The molecule has 0 unspecified atom stereocenters. The van der Waals surface area contributed by atoms with Crippen LogP contribution in [0.15, 0.2) is 85.1 Å². The molecule has 3 N–H and O–H groups in total. The van der Waals surface area contributed by atoms with E-state index in [1.165, 1.54) is 6.08 Å². The average molecular weight is 529 g/mol. The standard InChI is InChI=1S/C31H44O7/c1-3-26(32)19-15-23-31(36)38-29-20-12-7-11-18-28(34)24-27(33)17-10-6-4-5-9-16-25(2)37-30(35)22-14-8-13-21-29/h4,6-8,10-15,17,19-20,22,25-29,32-34H,3,5,9,16,18,21,23-24H2,1-2H3/b6-4?,11-7?,13-8?,17-10?,19-15+,20-12?,22-14?/t25-,26+,27+,28+,29-/m1/s1. The highest BCUT2D eigenvalue weighted by atomic mass is 16.5. The molecule has 0 spiro atoms. The van der Waals surface area contributed by atoms with Gasteiger partial charge in [-0.05, 0) is 45.1 Å². The summed E-state index contributed by atoms with van der Waals surface area (Å²) >= 11 is 0. The summed E-state index contributed by atoms with van der Waals surface area (Å²) in [6.07, 6.45) is 25.1. The van der Waals surface area contributed by atoms with E-state index in [-0.39, 0.29) is 18.9 Å². The minimum atomic E-state index is -0.750. The fourth-order valence-corrected chi connectivity index (χ4v) is 3.41. The number of carbonyl (C=O) groups is 2. The second kappa shape index (κ2) is 21.0. The largest absolute Gasteiger partial charge is 0.460 e. The van der Waals surface area contributed by atoms with Crippen molar-refractivity contribution in [3.8, 4) is 0 Å². The van der Waals surface area contributed by atoms with E-state index in [0.29, 0.717) is 19.3 Å². The molecular formula is C31H44O7. The third kappa shape index (κ3) is 18.3. The second-order valence-electron chi connectivity index (χ2n) is 9.16. The maximum absolute atomic E-state index is 12.2. The molecule has 0 aromatic rings. The summed E-state index contributed by atoms with van der Waals surface area (Å²) in [7, 11) is 0. The first-order chi connectivity index (χ1) is 18.3. The summed E-state index contributed by atoms with van der Waals surface area (Å²) in [4.78, 5) is 24.3. The Kier molecular flexibility index (Phi) is 18.2. The fraction of sp³-hybridized carbons (Fsp3) is 0.484. The van der Waals surface area contributed by atoms with Crippen LogP contribution in [0.25, 0.3) is 0 Å². The Balaban J connectivity index is 2.87. The van der Waals surface area contributed by atoms with Crippen LogP contribution in [-0.4, -0.2) is 57.8 Å². The first kappa shape index (κ1) is 33.0. The molecule has 210 valence electrons. The van der Waals surface area contributed by atoms with Crippen molar-refractivity contribution in [1.29, 1.82) is 0 Å². The normalized spacial score (nSPS) is 25.7. The van der Waals surface area contributed by atoms with Gasteiger partial charge in [0.2, 0.25) is 0 Å². The van der Waals surface area contributed by atoms with Crippen molar-refractivity contribution >= 4 is 11.9 Å². The number of rotatable bonds is 5. The van der Waals surface area contributed by atoms with Crippen molar-refractivity contribution in [2.24, 2.45) is 0 Å². The summed E-state index contributed by atoms with van der Waals surface area (Å²) in [5.74, 6) is -0.842. The highest BCUT2D eigenvalue weighted by Gasteiger charge is 2.10. The molecule has 0 fully saturated rings. The highest BCUT2D eigenvalue weighted by Crippen LogP contribution is 2.09. The van der Waals surface area contributed by atoms with Gasteiger partial charge in [-0.1, -0.05) is 79.8 Å². The lowest BCUT2D eigenvalue weighted by molar-refractivity contribution is -0.145.